The fourth-order valence-corrected chi connectivity index (χ4v) is 2.30. The van der Waals surface area contributed by atoms with Crippen molar-refractivity contribution in [3.8, 4) is 0 Å². The van der Waals surface area contributed by atoms with Gasteiger partial charge in [0.1, 0.15) is 0 Å². The summed E-state index contributed by atoms with van der Waals surface area (Å²) in [5.74, 6) is -0.240. The van der Waals surface area contributed by atoms with Gasteiger partial charge in [0.25, 0.3) is 5.91 Å². The van der Waals surface area contributed by atoms with Gasteiger partial charge in [0, 0.05) is 5.56 Å². The summed E-state index contributed by atoms with van der Waals surface area (Å²) in [4.78, 5) is 12.2. The minimum atomic E-state index is -0.240. The molecule has 0 saturated carbocycles. The highest BCUT2D eigenvalue weighted by atomic mass is 35.5. The number of nitrogens with one attached hydrogen (secondary N) is 1. The molecule has 110 valence electrons. The molecule has 0 radical (unpaired) electrons. The lowest BCUT2D eigenvalue weighted by Gasteiger charge is -2.15. The first-order chi connectivity index (χ1) is 9.88. The van der Waals surface area contributed by atoms with E-state index in [0.29, 0.717) is 26.3 Å². The van der Waals surface area contributed by atoms with Gasteiger partial charge in [-0.15, -0.1) is 0 Å². The van der Waals surface area contributed by atoms with Gasteiger partial charge in [-0.2, -0.15) is 0 Å². The van der Waals surface area contributed by atoms with Crippen LogP contribution in [0.1, 0.15) is 28.9 Å². The van der Waals surface area contributed by atoms with Crippen molar-refractivity contribution in [1.29, 1.82) is 0 Å². The number of hydrogen-bond acceptors (Lipinski definition) is 2. The molecular formula is C15H13Cl3N2O. The first-order valence-electron chi connectivity index (χ1n) is 6.19. The van der Waals surface area contributed by atoms with Gasteiger partial charge in [0.05, 0.1) is 26.8 Å². The molecular weight excluding hydrogens is 331 g/mol. The van der Waals surface area contributed by atoms with E-state index in [0.717, 1.165) is 5.56 Å². The number of amides is 1. The van der Waals surface area contributed by atoms with E-state index in [1.165, 1.54) is 6.07 Å². The third-order valence-electron chi connectivity index (χ3n) is 3.05. The van der Waals surface area contributed by atoms with Gasteiger partial charge < -0.3 is 11.1 Å². The SMILES string of the molecule is CC(NC(=O)c1ccc(N)c(Cl)c1)c1ccc(Cl)c(Cl)c1. The highest BCUT2D eigenvalue weighted by molar-refractivity contribution is 6.42. The van der Waals surface area contributed by atoms with Crippen LogP contribution in [0.4, 0.5) is 5.69 Å². The molecule has 0 spiro atoms. The molecule has 0 aromatic heterocycles. The Morgan fingerprint density at radius 3 is 2.38 bits per heavy atom. The zero-order valence-electron chi connectivity index (χ0n) is 11.2. The van der Waals surface area contributed by atoms with E-state index in [-0.39, 0.29) is 11.9 Å². The first kappa shape index (κ1) is 16.0. The van der Waals surface area contributed by atoms with Crippen molar-refractivity contribution < 1.29 is 4.79 Å². The van der Waals surface area contributed by atoms with E-state index < -0.39 is 0 Å². The molecule has 2 aromatic rings. The van der Waals surface area contributed by atoms with Crippen LogP contribution in [0.3, 0.4) is 0 Å². The number of benzene rings is 2. The van der Waals surface area contributed by atoms with Crippen LogP contribution < -0.4 is 11.1 Å². The Bertz CT molecular complexity index is 689. The summed E-state index contributed by atoms with van der Waals surface area (Å²) >= 11 is 17.8. The van der Waals surface area contributed by atoms with Gasteiger partial charge in [-0.1, -0.05) is 40.9 Å². The Hall–Kier alpha value is -1.42. The second-order valence-electron chi connectivity index (χ2n) is 4.60. The predicted molar refractivity (Wildman–Crippen MR) is 88.2 cm³/mol. The molecule has 1 atom stereocenters. The molecule has 0 aliphatic rings. The van der Waals surface area contributed by atoms with Crippen molar-refractivity contribution >= 4 is 46.4 Å². The summed E-state index contributed by atoms with van der Waals surface area (Å²) in [6.07, 6.45) is 0. The Kier molecular flexibility index (Phi) is 4.99. The summed E-state index contributed by atoms with van der Waals surface area (Å²) in [5, 5.41) is 4.14. The molecule has 21 heavy (non-hydrogen) atoms. The topological polar surface area (TPSA) is 55.1 Å². The van der Waals surface area contributed by atoms with Crippen molar-refractivity contribution in [1.82, 2.24) is 5.32 Å². The number of hydrogen-bond donors (Lipinski definition) is 2. The van der Waals surface area contributed by atoms with Crippen molar-refractivity contribution in [2.45, 2.75) is 13.0 Å². The average Bonchev–Trinajstić information content (AvgIpc) is 2.44. The van der Waals surface area contributed by atoms with Crippen molar-refractivity contribution in [3.63, 3.8) is 0 Å². The summed E-state index contributed by atoms with van der Waals surface area (Å²) in [5.41, 5.74) is 7.36. The molecule has 6 heteroatoms. The van der Waals surface area contributed by atoms with Crippen LogP contribution in [0.15, 0.2) is 36.4 Å². The van der Waals surface area contributed by atoms with E-state index >= 15 is 0 Å². The molecule has 0 bridgehead atoms. The molecule has 3 nitrogen and oxygen atoms in total. The van der Waals surface area contributed by atoms with Crippen LogP contribution in [-0.2, 0) is 0 Å². The van der Waals surface area contributed by atoms with Crippen molar-refractivity contribution in [3.05, 3.63) is 62.6 Å². The van der Waals surface area contributed by atoms with Crippen LogP contribution in [0, 0.1) is 0 Å². The molecule has 1 amide bonds. The minimum absolute atomic E-state index is 0.219. The zero-order chi connectivity index (χ0) is 15.6. The summed E-state index contributed by atoms with van der Waals surface area (Å²) in [6, 6.07) is 9.78. The number of halogens is 3. The number of rotatable bonds is 3. The van der Waals surface area contributed by atoms with E-state index in [4.69, 9.17) is 40.5 Å². The van der Waals surface area contributed by atoms with Crippen LogP contribution in [0.2, 0.25) is 15.1 Å². The van der Waals surface area contributed by atoms with Crippen molar-refractivity contribution in [2.75, 3.05) is 5.73 Å². The second kappa shape index (κ2) is 6.56. The molecule has 0 heterocycles. The molecule has 0 saturated heterocycles. The standard InChI is InChI=1S/C15H13Cl3N2O/c1-8(9-2-4-11(16)12(17)6-9)20-15(21)10-3-5-14(19)13(18)7-10/h2-8H,19H2,1H3,(H,20,21). The lowest BCUT2D eigenvalue weighted by Crippen LogP contribution is -2.26. The van der Waals surface area contributed by atoms with Crippen LogP contribution in [-0.4, -0.2) is 5.91 Å². The van der Waals surface area contributed by atoms with Gasteiger partial charge in [-0.05, 0) is 42.8 Å². The second-order valence-corrected chi connectivity index (χ2v) is 5.83. The van der Waals surface area contributed by atoms with Crippen LogP contribution in [0.25, 0.3) is 0 Å². The van der Waals surface area contributed by atoms with E-state index in [2.05, 4.69) is 5.32 Å². The van der Waals surface area contributed by atoms with Gasteiger partial charge in [-0.3, -0.25) is 4.79 Å². The fraction of sp³-hybridized carbons (Fsp3) is 0.133. The highest BCUT2D eigenvalue weighted by Crippen LogP contribution is 2.26. The van der Waals surface area contributed by atoms with E-state index in [1.807, 2.05) is 13.0 Å². The normalized spacial score (nSPS) is 12.0. The lowest BCUT2D eigenvalue weighted by molar-refractivity contribution is 0.0940. The summed E-state index contributed by atoms with van der Waals surface area (Å²) < 4.78 is 0. The van der Waals surface area contributed by atoms with Gasteiger partial charge in [0.2, 0.25) is 0 Å². The minimum Gasteiger partial charge on any atom is -0.398 e. The van der Waals surface area contributed by atoms with Gasteiger partial charge in [-0.25, -0.2) is 0 Å². The number of nitrogen functional groups attached to an aromatic ring is 1. The van der Waals surface area contributed by atoms with Crippen LogP contribution >= 0.6 is 34.8 Å². The first-order valence-corrected chi connectivity index (χ1v) is 7.32. The Morgan fingerprint density at radius 2 is 1.76 bits per heavy atom. The van der Waals surface area contributed by atoms with E-state index in [1.54, 1.807) is 24.3 Å². The Labute approximate surface area is 138 Å². The number of carbonyl (C=O) groups excluding carboxylic acids is 1. The molecule has 2 aromatic carbocycles. The van der Waals surface area contributed by atoms with Gasteiger partial charge >= 0.3 is 0 Å². The lowest BCUT2D eigenvalue weighted by atomic mass is 10.1. The molecule has 0 aliphatic carbocycles. The molecule has 0 fully saturated rings. The number of carbonyl (C=O) groups is 1. The maximum Gasteiger partial charge on any atom is 0.251 e. The summed E-state index contributed by atoms with van der Waals surface area (Å²) in [6.45, 7) is 1.86. The molecule has 2 rings (SSSR count). The largest absolute Gasteiger partial charge is 0.398 e. The maximum absolute atomic E-state index is 12.2. The third-order valence-corrected chi connectivity index (χ3v) is 4.12. The highest BCUT2D eigenvalue weighted by Gasteiger charge is 2.13. The monoisotopic (exact) mass is 342 g/mol. The van der Waals surface area contributed by atoms with Crippen LogP contribution in [0.5, 0.6) is 0 Å². The maximum atomic E-state index is 12.2. The van der Waals surface area contributed by atoms with E-state index in [9.17, 15) is 4.79 Å². The molecule has 3 N–H and O–H groups in total. The molecule has 0 aliphatic heterocycles. The van der Waals surface area contributed by atoms with Crippen molar-refractivity contribution in [2.24, 2.45) is 0 Å². The number of anilines is 1. The van der Waals surface area contributed by atoms with Gasteiger partial charge in [0.15, 0.2) is 0 Å². The Morgan fingerprint density at radius 1 is 1.05 bits per heavy atom. The zero-order valence-corrected chi connectivity index (χ0v) is 13.4. The predicted octanol–water partition coefficient (Wildman–Crippen LogP) is 4.72. The number of nitrogens with two attached hydrogens (primary N) is 1. The summed E-state index contributed by atoms with van der Waals surface area (Å²) in [7, 11) is 0. The third kappa shape index (κ3) is 3.82. The average molecular weight is 344 g/mol. The quantitative estimate of drug-likeness (QED) is 0.792. The smallest absolute Gasteiger partial charge is 0.251 e. The fourth-order valence-electron chi connectivity index (χ4n) is 1.81. The Balaban J connectivity index is 2.14. The molecule has 1 unspecified atom stereocenters.